The Balaban J connectivity index is 2.23. The minimum absolute atomic E-state index is 0.00972. The van der Waals surface area contributed by atoms with Gasteiger partial charge in [-0.2, -0.15) is 0 Å². The summed E-state index contributed by atoms with van der Waals surface area (Å²) in [5, 5.41) is 11.1. The maximum absolute atomic E-state index is 11.1. The van der Waals surface area contributed by atoms with Crippen LogP contribution in [0.3, 0.4) is 0 Å². The highest BCUT2D eigenvalue weighted by atomic mass is 16.6. The lowest BCUT2D eigenvalue weighted by Gasteiger charge is -2.20. The van der Waals surface area contributed by atoms with Crippen molar-refractivity contribution in [1.82, 2.24) is 0 Å². The molecule has 0 saturated heterocycles. The number of nitro groups is 1. The third-order valence-electron chi connectivity index (χ3n) is 3.55. The summed E-state index contributed by atoms with van der Waals surface area (Å²) in [4.78, 5) is 10.7. The molecular weight excluding hydrogens is 232 g/mol. The monoisotopic (exact) mass is 250 g/mol. The maximum atomic E-state index is 11.1. The van der Waals surface area contributed by atoms with Crippen LogP contribution in [0.2, 0.25) is 0 Å². The molecule has 0 heterocycles. The molecular formula is C13H18N2O3. The summed E-state index contributed by atoms with van der Waals surface area (Å²) in [7, 11) is 0. The van der Waals surface area contributed by atoms with Crippen molar-refractivity contribution in [1.29, 1.82) is 0 Å². The third-order valence-corrected chi connectivity index (χ3v) is 3.55. The van der Waals surface area contributed by atoms with Crippen LogP contribution >= 0.6 is 0 Å². The summed E-state index contributed by atoms with van der Waals surface area (Å²) in [6.07, 6.45) is 3.05. The Morgan fingerprint density at radius 2 is 2.28 bits per heavy atom. The van der Waals surface area contributed by atoms with Crippen LogP contribution < -0.4 is 10.5 Å². The lowest BCUT2D eigenvalue weighted by molar-refractivity contribution is -0.386. The molecule has 2 N–H and O–H groups in total. The van der Waals surface area contributed by atoms with E-state index in [0.717, 1.165) is 19.3 Å². The Hall–Kier alpha value is -1.62. The topological polar surface area (TPSA) is 78.4 Å². The molecule has 0 aromatic heterocycles. The first-order valence-corrected chi connectivity index (χ1v) is 6.24. The molecule has 18 heavy (non-hydrogen) atoms. The molecule has 5 nitrogen and oxygen atoms in total. The minimum Gasteiger partial charge on any atom is -0.483 e. The van der Waals surface area contributed by atoms with E-state index < -0.39 is 0 Å². The van der Waals surface area contributed by atoms with Crippen molar-refractivity contribution in [2.24, 2.45) is 11.7 Å². The Kier molecular flexibility index (Phi) is 3.81. The van der Waals surface area contributed by atoms with Crippen molar-refractivity contribution in [2.45, 2.75) is 32.3 Å². The fraction of sp³-hybridized carbons (Fsp3) is 0.538. The SMILES string of the molecule is Cc1cccc(OC2CCCC2CN)c1[N+](=O)[O-]. The highest BCUT2D eigenvalue weighted by Crippen LogP contribution is 2.35. The van der Waals surface area contributed by atoms with Gasteiger partial charge in [-0.25, -0.2) is 0 Å². The zero-order chi connectivity index (χ0) is 13.1. The normalized spacial score (nSPS) is 23.0. The van der Waals surface area contributed by atoms with Crippen LogP contribution in [-0.2, 0) is 0 Å². The summed E-state index contributed by atoms with van der Waals surface area (Å²) < 4.78 is 5.83. The van der Waals surface area contributed by atoms with Gasteiger partial charge in [0.1, 0.15) is 6.10 Å². The van der Waals surface area contributed by atoms with Gasteiger partial charge in [-0.15, -0.1) is 0 Å². The molecule has 1 fully saturated rings. The van der Waals surface area contributed by atoms with E-state index in [4.69, 9.17) is 10.5 Å². The predicted molar refractivity (Wildman–Crippen MR) is 68.6 cm³/mol. The van der Waals surface area contributed by atoms with Gasteiger partial charge in [0.25, 0.3) is 0 Å². The van der Waals surface area contributed by atoms with Gasteiger partial charge in [0, 0.05) is 11.5 Å². The smallest absolute Gasteiger partial charge is 0.313 e. The van der Waals surface area contributed by atoms with Crippen LogP contribution in [0.4, 0.5) is 5.69 Å². The Morgan fingerprint density at radius 3 is 2.94 bits per heavy atom. The molecule has 1 aliphatic rings. The first kappa shape index (κ1) is 12.8. The van der Waals surface area contributed by atoms with E-state index in [0.29, 0.717) is 23.8 Å². The molecule has 2 rings (SSSR count). The molecule has 98 valence electrons. The Labute approximate surface area is 106 Å². The number of ether oxygens (including phenoxy) is 1. The second-order valence-corrected chi connectivity index (χ2v) is 4.76. The van der Waals surface area contributed by atoms with Gasteiger partial charge in [-0.1, -0.05) is 12.1 Å². The predicted octanol–water partition coefficient (Wildman–Crippen LogP) is 2.41. The van der Waals surface area contributed by atoms with Crippen molar-refractivity contribution in [2.75, 3.05) is 6.54 Å². The van der Waals surface area contributed by atoms with E-state index in [1.807, 2.05) is 0 Å². The molecule has 1 aliphatic carbocycles. The van der Waals surface area contributed by atoms with Gasteiger partial charge in [-0.05, 0) is 38.8 Å². The number of hydrogen-bond acceptors (Lipinski definition) is 4. The zero-order valence-corrected chi connectivity index (χ0v) is 10.5. The average molecular weight is 250 g/mol. The first-order chi connectivity index (χ1) is 8.63. The molecule has 1 aromatic rings. The second kappa shape index (κ2) is 5.35. The number of aryl methyl sites for hydroxylation is 1. The van der Waals surface area contributed by atoms with Gasteiger partial charge in [0.2, 0.25) is 0 Å². The molecule has 1 aromatic carbocycles. The average Bonchev–Trinajstić information content (AvgIpc) is 2.76. The summed E-state index contributed by atoms with van der Waals surface area (Å²) in [5.74, 6) is 0.676. The van der Waals surface area contributed by atoms with Crippen molar-refractivity contribution >= 4 is 5.69 Å². The van der Waals surface area contributed by atoms with Crippen molar-refractivity contribution in [3.05, 3.63) is 33.9 Å². The number of nitro benzene ring substituents is 1. The quantitative estimate of drug-likeness (QED) is 0.657. The molecule has 0 amide bonds. The van der Waals surface area contributed by atoms with Crippen molar-refractivity contribution in [3.63, 3.8) is 0 Å². The largest absolute Gasteiger partial charge is 0.483 e. The number of benzene rings is 1. The number of nitrogens with two attached hydrogens (primary N) is 1. The number of para-hydroxylation sites is 1. The van der Waals surface area contributed by atoms with Gasteiger partial charge in [0.05, 0.1) is 4.92 Å². The molecule has 0 spiro atoms. The van der Waals surface area contributed by atoms with Gasteiger partial charge in [0.15, 0.2) is 5.75 Å². The summed E-state index contributed by atoms with van der Waals surface area (Å²) in [5.41, 5.74) is 6.39. The summed E-state index contributed by atoms with van der Waals surface area (Å²) in [6, 6.07) is 5.17. The van der Waals surface area contributed by atoms with E-state index in [1.165, 1.54) is 0 Å². The van der Waals surface area contributed by atoms with E-state index in [1.54, 1.807) is 25.1 Å². The number of rotatable bonds is 4. The van der Waals surface area contributed by atoms with Gasteiger partial charge < -0.3 is 10.5 Å². The maximum Gasteiger partial charge on any atom is 0.313 e. The Bertz CT molecular complexity index is 448. The number of nitrogens with zero attached hydrogens (tertiary/aromatic N) is 1. The van der Waals surface area contributed by atoms with Crippen LogP contribution in [0.25, 0.3) is 0 Å². The van der Waals surface area contributed by atoms with E-state index in [2.05, 4.69) is 0 Å². The van der Waals surface area contributed by atoms with Crippen LogP contribution in [0, 0.1) is 23.0 Å². The molecule has 2 unspecified atom stereocenters. The van der Waals surface area contributed by atoms with Gasteiger partial charge in [-0.3, -0.25) is 10.1 Å². The highest BCUT2D eigenvalue weighted by Gasteiger charge is 2.30. The van der Waals surface area contributed by atoms with Crippen LogP contribution in [0.5, 0.6) is 5.75 Å². The van der Waals surface area contributed by atoms with E-state index >= 15 is 0 Å². The van der Waals surface area contributed by atoms with Crippen LogP contribution in [0.1, 0.15) is 24.8 Å². The molecule has 5 heteroatoms. The molecule has 1 saturated carbocycles. The first-order valence-electron chi connectivity index (χ1n) is 6.24. The summed E-state index contributed by atoms with van der Waals surface area (Å²) >= 11 is 0. The van der Waals surface area contributed by atoms with Crippen LogP contribution in [0.15, 0.2) is 18.2 Å². The Morgan fingerprint density at radius 1 is 1.50 bits per heavy atom. The molecule has 0 bridgehead atoms. The molecule has 2 atom stereocenters. The second-order valence-electron chi connectivity index (χ2n) is 4.76. The lowest BCUT2D eigenvalue weighted by atomic mass is 10.1. The fourth-order valence-electron chi connectivity index (χ4n) is 2.55. The van der Waals surface area contributed by atoms with Gasteiger partial charge >= 0.3 is 5.69 Å². The van der Waals surface area contributed by atoms with E-state index in [-0.39, 0.29) is 16.7 Å². The molecule has 0 aliphatic heterocycles. The van der Waals surface area contributed by atoms with Crippen molar-refractivity contribution in [3.8, 4) is 5.75 Å². The summed E-state index contributed by atoms with van der Waals surface area (Å²) in [6.45, 7) is 2.30. The molecule has 0 radical (unpaired) electrons. The standard InChI is InChI=1S/C13H18N2O3/c1-9-4-2-7-12(13(9)15(16)17)18-11-6-3-5-10(11)8-14/h2,4,7,10-11H,3,5-6,8,14H2,1H3. The van der Waals surface area contributed by atoms with Crippen molar-refractivity contribution < 1.29 is 9.66 Å². The van der Waals surface area contributed by atoms with E-state index in [9.17, 15) is 10.1 Å². The fourth-order valence-corrected chi connectivity index (χ4v) is 2.55. The highest BCUT2D eigenvalue weighted by molar-refractivity contribution is 5.52. The lowest BCUT2D eigenvalue weighted by Crippen LogP contribution is -2.27. The third kappa shape index (κ3) is 2.46. The van der Waals surface area contributed by atoms with Crippen LogP contribution in [-0.4, -0.2) is 17.6 Å². The zero-order valence-electron chi connectivity index (χ0n) is 10.5. The minimum atomic E-state index is -0.378. The number of hydrogen-bond donors (Lipinski definition) is 1.